The molecule has 0 unspecified atom stereocenters. The lowest BCUT2D eigenvalue weighted by Crippen LogP contribution is -2.52. The summed E-state index contributed by atoms with van der Waals surface area (Å²) in [5.74, 6) is -4.45. The van der Waals surface area contributed by atoms with E-state index < -0.39 is 57.8 Å². The van der Waals surface area contributed by atoms with Crippen LogP contribution in [0.15, 0.2) is 58.6 Å². The molecule has 4 heterocycles. The monoisotopic (exact) mass is 845 g/mol. The highest BCUT2D eigenvalue weighted by atomic mass is 19.1. The van der Waals surface area contributed by atoms with Gasteiger partial charge in [0.1, 0.15) is 17.2 Å². The summed E-state index contributed by atoms with van der Waals surface area (Å²) in [4.78, 5) is 76.1. The van der Waals surface area contributed by atoms with Crippen LogP contribution < -0.4 is 20.8 Å². The van der Waals surface area contributed by atoms with Gasteiger partial charge in [0.25, 0.3) is 11.8 Å². The van der Waals surface area contributed by atoms with Gasteiger partial charge >= 0.3 is 5.97 Å². The van der Waals surface area contributed by atoms with Crippen LogP contribution in [0.5, 0.6) is 5.75 Å². The Labute approximate surface area is 355 Å². The van der Waals surface area contributed by atoms with E-state index in [9.17, 15) is 32.8 Å². The predicted molar refractivity (Wildman–Crippen MR) is 225 cm³/mol. The molecular weight excluding hydrogens is 789 g/mol. The van der Waals surface area contributed by atoms with Gasteiger partial charge in [0.05, 0.1) is 26.0 Å². The van der Waals surface area contributed by atoms with E-state index in [2.05, 4.69) is 22.7 Å². The number of hydrogen-bond donors (Lipinski definition) is 2. The van der Waals surface area contributed by atoms with Gasteiger partial charge in [-0.1, -0.05) is 94.5 Å². The van der Waals surface area contributed by atoms with E-state index in [0.29, 0.717) is 42.5 Å². The number of pyridine rings is 1. The number of unbranched alkanes of at least 4 members (excludes halogenated alkanes) is 10. The Morgan fingerprint density at radius 3 is 2.30 bits per heavy atom. The second-order valence-electron chi connectivity index (χ2n) is 16.4. The van der Waals surface area contributed by atoms with Crippen LogP contribution in [0.4, 0.5) is 14.5 Å². The maximum atomic E-state index is 14.5. The number of benzene rings is 2. The summed E-state index contributed by atoms with van der Waals surface area (Å²) in [7, 11) is 1.47. The smallest absolute Gasteiger partial charge is 0.315 e. The van der Waals surface area contributed by atoms with E-state index in [-0.39, 0.29) is 49.1 Å². The van der Waals surface area contributed by atoms with Crippen molar-refractivity contribution in [2.75, 3.05) is 19.0 Å². The number of fused-ring (bicyclic) bond motifs is 5. The Bertz CT molecular complexity index is 2160. The number of aromatic nitrogens is 1. The van der Waals surface area contributed by atoms with Crippen LogP contribution in [0.25, 0.3) is 0 Å². The van der Waals surface area contributed by atoms with Crippen LogP contribution in [-0.4, -0.2) is 64.4 Å². The standard InChI is InChI=1S/C46H57F2N5O8/c1-4-5-6-7-8-9-10-11-12-13-14-15-38(54)50-34-20-16-31(17-21-34)24-40(55)60-43-41-45(58)52-29-37(46(23-22-30(52)2)26-39(59-3)51-61-46)53(41)28-35(42(43)56)44(57)49-27-32-18-19-33(47)25-36(32)48/h16-21,25,28,30,37H,4-15,22-24,26-27,29H2,1-3H3,(H,49,57)(H,50,54)/t30-,37+,46-/m0/s1. The average Bonchev–Trinajstić information content (AvgIpc) is 3.62. The van der Waals surface area contributed by atoms with Crippen molar-refractivity contribution in [2.45, 2.75) is 141 Å². The first-order chi connectivity index (χ1) is 29.4. The number of nitrogens with zero attached hydrogens (tertiary/aromatic N) is 3. The highest BCUT2D eigenvalue weighted by molar-refractivity contribution is 6.00. The molecule has 13 nitrogen and oxygen atoms in total. The van der Waals surface area contributed by atoms with Gasteiger partial charge in [-0.2, -0.15) is 0 Å². The van der Waals surface area contributed by atoms with Gasteiger partial charge in [0.15, 0.2) is 11.3 Å². The minimum absolute atomic E-state index is 0.0273. The number of ether oxygens (including phenoxy) is 2. The number of nitrogens with one attached hydrogen (secondary N) is 2. The van der Waals surface area contributed by atoms with Crippen molar-refractivity contribution in [3.63, 3.8) is 0 Å². The molecule has 2 N–H and O–H groups in total. The Morgan fingerprint density at radius 1 is 0.951 bits per heavy atom. The number of hydrogen-bond acceptors (Lipinski definition) is 9. The van der Waals surface area contributed by atoms with Crippen molar-refractivity contribution in [1.29, 1.82) is 0 Å². The summed E-state index contributed by atoms with van der Waals surface area (Å²) < 4.78 is 40.7. The van der Waals surface area contributed by atoms with E-state index in [1.807, 2.05) is 6.92 Å². The van der Waals surface area contributed by atoms with Crippen LogP contribution >= 0.6 is 0 Å². The number of esters is 1. The van der Waals surface area contributed by atoms with Crippen LogP contribution in [-0.2, 0) is 32.1 Å². The molecule has 3 amide bonds. The fraction of sp³-hybridized carbons (Fsp3) is 0.522. The molecule has 2 aromatic carbocycles. The van der Waals surface area contributed by atoms with E-state index in [4.69, 9.17) is 14.3 Å². The average molecular weight is 846 g/mol. The number of amides is 3. The molecule has 3 aromatic rings. The van der Waals surface area contributed by atoms with Gasteiger partial charge in [-0.25, -0.2) is 8.78 Å². The largest absolute Gasteiger partial charge is 0.482 e. The molecule has 3 aliphatic heterocycles. The lowest BCUT2D eigenvalue weighted by atomic mass is 9.85. The van der Waals surface area contributed by atoms with Crippen molar-refractivity contribution >= 4 is 35.3 Å². The minimum Gasteiger partial charge on any atom is -0.482 e. The molecule has 3 aliphatic rings. The van der Waals surface area contributed by atoms with Gasteiger partial charge in [0, 0.05) is 49.1 Å². The normalized spacial score (nSPS) is 19.1. The topological polar surface area (TPSA) is 158 Å². The first-order valence-corrected chi connectivity index (χ1v) is 21.6. The van der Waals surface area contributed by atoms with Gasteiger partial charge in [-0.15, -0.1) is 0 Å². The number of carbonyl (C=O) groups excluding carboxylic acids is 4. The molecule has 1 fully saturated rings. The lowest BCUT2D eigenvalue weighted by Gasteiger charge is -2.41. The first-order valence-electron chi connectivity index (χ1n) is 21.6. The third kappa shape index (κ3) is 11.0. The second-order valence-corrected chi connectivity index (χ2v) is 16.4. The second kappa shape index (κ2) is 20.8. The summed E-state index contributed by atoms with van der Waals surface area (Å²) in [6, 6.07) is 8.57. The third-order valence-corrected chi connectivity index (χ3v) is 12.0. The highest BCUT2D eigenvalue weighted by Gasteiger charge is 2.55. The third-order valence-electron chi connectivity index (χ3n) is 12.0. The molecule has 0 saturated carbocycles. The summed E-state index contributed by atoms with van der Waals surface area (Å²) >= 11 is 0. The number of carbonyl (C=O) groups is 4. The lowest BCUT2D eigenvalue weighted by molar-refractivity contribution is -0.133. The molecule has 2 bridgehead atoms. The zero-order valence-corrected chi connectivity index (χ0v) is 35.4. The van der Waals surface area contributed by atoms with Crippen molar-refractivity contribution < 1.29 is 42.3 Å². The summed E-state index contributed by atoms with van der Waals surface area (Å²) in [5, 5.41) is 9.53. The SMILES string of the molecule is CCCCCCCCCCCCCC(=O)Nc1ccc(CC(=O)Oc2c3n(cc(C(=O)NCc4ccc(F)cc4F)c2=O)[C@@H]2CN(C3=O)[C@@H](C)CC[C@]23CC(OC)=NO3)cc1. The first kappa shape index (κ1) is 44.9. The van der Waals surface area contributed by atoms with Gasteiger partial charge in [-0.05, 0) is 49.9 Å². The van der Waals surface area contributed by atoms with Gasteiger partial charge in [0.2, 0.25) is 23.0 Å². The molecule has 15 heteroatoms. The summed E-state index contributed by atoms with van der Waals surface area (Å²) in [6.45, 7) is 3.85. The molecule has 1 aromatic heterocycles. The number of halogens is 2. The van der Waals surface area contributed by atoms with Crippen LogP contribution in [0.2, 0.25) is 0 Å². The molecule has 6 rings (SSSR count). The Morgan fingerprint density at radius 2 is 1.64 bits per heavy atom. The van der Waals surface area contributed by atoms with E-state index >= 15 is 0 Å². The summed E-state index contributed by atoms with van der Waals surface area (Å²) in [5.41, 5.74) is -1.70. The van der Waals surface area contributed by atoms with Gasteiger partial charge < -0.3 is 34.4 Å². The van der Waals surface area contributed by atoms with Crippen LogP contribution in [0.3, 0.4) is 0 Å². The quantitative estimate of drug-likeness (QED) is 0.0905. The van der Waals surface area contributed by atoms with Gasteiger partial charge in [-0.3, -0.25) is 24.0 Å². The van der Waals surface area contributed by atoms with E-state index in [1.54, 1.807) is 29.2 Å². The number of rotatable bonds is 19. The molecule has 61 heavy (non-hydrogen) atoms. The molecule has 0 radical (unpaired) electrons. The van der Waals surface area contributed by atoms with Crippen LogP contribution in [0.1, 0.15) is 148 Å². The summed E-state index contributed by atoms with van der Waals surface area (Å²) in [6.07, 6.45) is 15.7. The molecule has 0 aliphatic carbocycles. The zero-order valence-electron chi connectivity index (χ0n) is 35.4. The number of oxime groups is 1. The number of methoxy groups -OCH3 is 1. The molecule has 3 atom stereocenters. The van der Waals surface area contributed by atoms with Crippen molar-refractivity contribution in [1.82, 2.24) is 14.8 Å². The number of anilines is 1. The maximum absolute atomic E-state index is 14.5. The van der Waals surface area contributed by atoms with Crippen molar-refractivity contribution in [3.8, 4) is 5.75 Å². The predicted octanol–water partition coefficient (Wildman–Crippen LogP) is 8.14. The van der Waals surface area contributed by atoms with Crippen LogP contribution in [0, 0.1) is 11.6 Å². The van der Waals surface area contributed by atoms with Crippen molar-refractivity contribution in [3.05, 3.63) is 92.9 Å². The maximum Gasteiger partial charge on any atom is 0.315 e. The fourth-order valence-electron chi connectivity index (χ4n) is 8.40. The Kier molecular flexibility index (Phi) is 15.3. The molecule has 1 spiro atoms. The Hall–Kier alpha value is -5.60. The fourth-order valence-corrected chi connectivity index (χ4v) is 8.40. The minimum atomic E-state index is -1.03. The molecule has 328 valence electrons. The zero-order chi connectivity index (χ0) is 43.5. The van der Waals surface area contributed by atoms with E-state index in [0.717, 1.165) is 25.3 Å². The molecular formula is C46H57F2N5O8. The molecule has 1 saturated heterocycles. The highest BCUT2D eigenvalue weighted by Crippen LogP contribution is 2.46. The Balaban J connectivity index is 1.15. The van der Waals surface area contributed by atoms with Crippen molar-refractivity contribution in [2.24, 2.45) is 5.16 Å². The van der Waals surface area contributed by atoms with E-state index in [1.165, 1.54) is 75.3 Å².